The SMILES string of the molecule is COCCNC(=NCc1coc(-c2ccc(C)cc2)n1)NCc1nnc(C)n1C. The van der Waals surface area contributed by atoms with Crippen molar-refractivity contribution in [2.75, 3.05) is 20.3 Å². The van der Waals surface area contributed by atoms with Crippen LogP contribution in [0.1, 0.15) is 22.9 Å². The van der Waals surface area contributed by atoms with Gasteiger partial charge < -0.3 is 24.4 Å². The molecule has 0 aliphatic heterocycles. The van der Waals surface area contributed by atoms with Crippen molar-refractivity contribution >= 4 is 5.96 Å². The topological polar surface area (TPSA) is 102 Å². The van der Waals surface area contributed by atoms with E-state index < -0.39 is 0 Å². The molecule has 0 fully saturated rings. The number of methoxy groups -OCH3 is 1. The molecule has 2 aromatic heterocycles. The molecule has 3 aromatic rings. The summed E-state index contributed by atoms with van der Waals surface area (Å²) in [5.74, 6) is 2.92. The molecular weight excluding hydrogens is 370 g/mol. The molecule has 29 heavy (non-hydrogen) atoms. The van der Waals surface area contributed by atoms with E-state index in [-0.39, 0.29) is 0 Å². The monoisotopic (exact) mass is 397 g/mol. The Hall–Kier alpha value is -3.20. The van der Waals surface area contributed by atoms with E-state index >= 15 is 0 Å². The minimum Gasteiger partial charge on any atom is -0.444 e. The van der Waals surface area contributed by atoms with Crippen LogP contribution in [0.25, 0.3) is 11.5 Å². The third-order valence-corrected chi connectivity index (χ3v) is 4.44. The predicted octanol–water partition coefficient (Wildman–Crippen LogP) is 1.97. The Bertz CT molecular complexity index is 944. The van der Waals surface area contributed by atoms with Crippen LogP contribution < -0.4 is 10.6 Å². The molecule has 0 radical (unpaired) electrons. The van der Waals surface area contributed by atoms with Gasteiger partial charge in [0.25, 0.3) is 0 Å². The molecular formula is C20H27N7O2. The lowest BCUT2D eigenvalue weighted by molar-refractivity contribution is 0.203. The van der Waals surface area contributed by atoms with Gasteiger partial charge >= 0.3 is 0 Å². The lowest BCUT2D eigenvalue weighted by atomic mass is 10.1. The van der Waals surface area contributed by atoms with Crippen molar-refractivity contribution in [1.29, 1.82) is 0 Å². The van der Waals surface area contributed by atoms with Crippen molar-refractivity contribution < 1.29 is 9.15 Å². The molecule has 0 aliphatic rings. The summed E-state index contributed by atoms with van der Waals surface area (Å²) in [5.41, 5.74) is 2.89. The standard InChI is InChI=1S/C20H27N7O2/c1-14-5-7-16(8-6-14)19-24-17(13-29-19)11-22-20(21-9-10-28-4)23-12-18-26-25-15(2)27(18)3/h5-8,13H,9-12H2,1-4H3,(H2,21,22,23). The number of hydrogen-bond donors (Lipinski definition) is 2. The van der Waals surface area contributed by atoms with E-state index in [0.717, 1.165) is 22.9 Å². The molecule has 0 spiro atoms. The number of guanidine groups is 1. The highest BCUT2D eigenvalue weighted by Gasteiger charge is 2.08. The number of nitrogens with zero attached hydrogens (tertiary/aromatic N) is 5. The van der Waals surface area contributed by atoms with Crippen LogP contribution in [0, 0.1) is 13.8 Å². The summed E-state index contributed by atoms with van der Waals surface area (Å²) in [6, 6.07) is 8.06. The second kappa shape index (κ2) is 9.83. The number of hydrogen-bond acceptors (Lipinski definition) is 6. The highest BCUT2D eigenvalue weighted by molar-refractivity contribution is 5.79. The fraction of sp³-hybridized carbons (Fsp3) is 0.400. The Kier molecular flexibility index (Phi) is 6.96. The van der Waals surface area contributed by atoms with Crippen LogP contribution in [0.15, 0.2) is 39.9 Å². The first-order valence-electron chi connectivity index (χ1n) is 9.44. The molecule has 0 bridgehead atoms. The minimum absolute atomic E-state index is 0.384. The summed E-state index contributed by atoms with van der Waals surface area (Å²) in [6.45, 7) is 6.06. The molecule has 154 valence electrons. The van der Waals surface area contributed by atoms with Crippen molar-refractivity contribution in [1.82, 2.24) is 30.4 Å². The Balaban J connectivity index is 1.65. The first-order valence-corrected chi connectivity index (χ1v) is 9.44. The van der Waals surface area contributed by atoms with Gasteiger partial charge in [-0.2, -0.15) is 0 Å². The molecule has 3 rings (SSSR count). The van der Waals surface area contributed by atoms with Gasteiger partial charge in [-0.1, -0.05) is 17.7 Å². The van der Waals surface area contributed by atoms with Gasteiger partial charge in [0.2, 0.25) is 5.89 Å². The van der Waals surface area contributed by atoms with Gasteiger partial charge in [0.15, 0.2) is 11.8 Å². The van der Waals surface area contributed by atoms with Gasteiger partial charge in [-0.3, -0.25) is 0 Å². The number of oxazole rings is 1. The molecule has 2 heterocycles. The largest absolute Gasteiger partial charge is 0.444 e. The van der Waals surface area contributed by atoms with Crippen LogP contribution >= 0.6 is 0 Å². The zero-order valence-corrected chi connectivity index (χ0v) is 17.3. The van der Waals surface area contributed by atoms with Crippen LogP contribution in [0.3, 0.4) is 0 Å². The van der Waals surface area contributed by atoms with Crippen molar-refractivity contribution in [3.8, 4) is 11.5 Å². The zero-order chi connectivity index (χ0) is 20.6. The Morgan fingerprint density at radius 3 is 2.66 bits per heavy atom. The van der Waals surface area contributed by atoms with Gasteiger partial charge in [-0.15, -0.1) is 10.2 Å². The minimum atomic E-state index is 0.384. The lowest BCUT2D eigenvalue weighted by Gasteiger charge is -2.12. The lowest BCUT2D eigenvalue weighted by Crippen LogP contribution is -2.39. The number of nitrogens with one attached hydrogen (secondary N) is 2. The molecule has 0 saturated carbocycles. The number of benzene rings is 1. The normalized spacial score (nSPS) is 11.7. The van der Waals surface area contributed by atoms with Crippen LogP contribution in [0.4, 0.5) is 0 Å². The predicted molar refractivity (Wildman–Crippen MR) is 110 cm³/mol. The fourth-order valence-electron chi connectivity index (χ4n) is 2.58. The highest BCUT2D eigenvalue weighted by atomic mass is 16.5. The summed E-state index contributed by atoms with van der Waals surface area (Å²) in [6.07, 6.45) is 1.64. The van der Waals surface area contributed by atoms with Crippen LogP contribution in [-0.4, -0.2) is 46.0 Å². The quantitative estimate of drug-likeness (QED) is 0.340. The fourth-order valence-corrected chi connectivity index (χ4v) is 2.58. The van der Waals surface area contributed by atoms with Crippen molar-refractivity contribution in [3.05, 3.63) is 53.4 Å². The highest BCUT2D eigenvalue weighted by Crippen LogP contribution is 2.19. The van der Waals surface area contributed by atoms with Gasteiger partial charge in [0, 0.05) is 26.3 Å². The molecule has 9 heteroatoms. The second-order valence-electron chi connectivity index (χ2n) is 6.67. The molecule has 9 nitrogen and oxygen atoms in total. The Morgan fingerprint density at radius 2 is 1.97 bits per heavy atom. The van der Waals surface area contributed by atoms with Crippen LogP contribution in [0.2, 0.25) is 0 Å². The first kappa shape index (κ1) is 20.5. The summed E-state index contributed by atoms with van der Waals surface area (Å²) in [4.78, 5) is 9.13. The molecule has 0 aliphatic carbocycles. The van der Waals surface area contributed by atoms with E-state index in [2.05, 4.69) is 30.8 Å². The Morgan fingerprint density at radius 1 is 1.17 bits per heavy atom. The molecule has 0 amide bonds. The van der Waals surface area contributed by atoms with Crippen LogP contribution in [0.5, 0.6) is 0 Å². The number of ether oxygens (including phenoxy) is 1. The summed E-state index contributed by atoms with van der Waals surface area (Å²) in [5, 5.41) is 14.7. The summed E-state index contributed by atoms with van der Waals surface area (Å²) in [7, 11) is 3.60. The smallest absolute Gasteiger partial charge is 0.226 e. The maximum absolute atomic E-state index is 5.61. The first-order chi connectivity index (χ1) is 14.1. The maximum Gasteiger partial charge on any atom is 0.226 e. The number of aliphatic imine (C=N–C) groups is 1. The molecule has 0 atom stereocenters. The van der Waals surface area contributed by atoms with Crippen molar-refractivity contribution in [2.45, 2.75) is 26.9 Å². The third-order valence-electron chi connectivity index (χ3n) is 4.44. The zero-order valence-electron chi connectivity index (χ0n) is 17.3. The van der Waals surface area contributed by atoms with E-state index in [0.29, 0.717) is 38.1 Å². The third kappa shape index (κ3) is 5.64. The average molecular weight is 397 g/mol. The molecule has 2 N–H and O–H groups in total. The number of aryl methyl sites for hydroxylation is 2. The van der Waals surface area contributed by atoms with E-state index in [4.69, 9.17) is 9.15 Å². The molecule has 0 saturated heterocycles. The number of aromatic nitrogens is 4. The maximum atomic E-state index is 5.61. The van der Waals surface area contributed by atoms with E-state index in [1.165, 1.54) is 5.56 Å². The van der Waals surface area contributed by atoms with Gasteiger partial charge in [-0.05, 0) is 26.0 Å². The average Bonchev–Trinajstić information content (AvgIpc) is 3.32. The van der Waals surface area contributed by atoms with Gasteiger partial charge in [0.1, 0.15) is 17.8 Å². The van der Waals surface area contributed by atoms with Gasteiger partial charge in [0.05, 0.1) is 19.7 Å². The Labute approximate surface area is 170 Å². The van der Waals surface area contributed by atoms with Crippen LogP contribution in [-0.2, 0) is 24.9 Å². The van der Waals surface area contributed by atoms with E-state index in [1.807, 2.05) is 49.7 Å². The second-order valence-corrected chi connectivity index (χ2v) is 6.67. The van der Waals surface area contributed by atoms with E-state index in [1.54, 1.807) is 13.4 Å². The van der Waals surface area contributed by atoms with Crippen molar-refractivity contribution in [2.24, 2.45) is 12.0 Å². The summed E-state index contributed by atoms with van der Waals surface area (Å²) < 4.78 is 12.6. The molecule has 1 aromatic carbocycles. The summed E-state index contributed by atoms with van der Waals surface area (Å²) >= 11 is 0. The van der Waals surface area contributed by atoms with Gasteiger partial charge in [-0.25, -0.2) is 9.98 Å². The number of rotatable bonds is 8. The molecule has 0 unspecified atom stereocenters. The van der Waals surface area contributed by atoms with E-state index in [9.17, 15) is 0 Å². The van der Waals surface area contributed by atoms with Crippen molar-refractivity contribution in [3.63, 3.8) is 0 Å².